The maximum atomic E-state index is 12.1. The van der Waals surface area contributed by atoms with Gasteiger partial charge < -0.3 is 5.32 Å². The van der Waals surface area contributed by atoms with Gasteiger partial charge in [0.25, 0.3) is 0 Å². The van der Waals surface area contributed by atoms with Gasteiger partial charge >= 0.3 is 0 Å². The molecule has 2 rings (SSSR count). The summed E-state index contributed by atoms with van der Waals surface area (Å²) < 4.78 is 28.5. The molecule has 0 radical (unpaired) electrons. The van der Waals surface area contributed by atoms with Gasteiger partial charge in [0, 0.05) is 24.8 Å². The van der Waals surface area contributed by atoms with Crippen molar-refractivity contribution in [3.05, 3.63) is 12.4 Å². The molecule has 0 bridgehead atoms. The summed E-state index contributed by atoms with van der Waals surface area (Å²) in [6.07, 6.45) is 7.30. The zero-order chi connectivity index (χ0) is 14.6. The van der Waals surface area contributed by atoms with Crippen LogP contribution in [0.3, 0.4) is 0 Å². The molecule has 1 aliphatic rings. The van der Waals surface area contributed by atoms with E-state index < -0.39 is 10.0 Å². The van der Waals surface area contributed by atoms with Gasteiger partial charge in [-0.1, -0.05) is 6.92 Å². The maximum absolute atomic E-state index is 12.1. The Morgan fingerprint density at radius 3 is 2.90 bits per heavy atom. The molecule has 1 aliphatic carbocycles. The molecule has 1 aromatic heterocycles. The Balaban J connectivity index is 1.83. The number of sulfonamides is 1. The smallest absolute Gasteiger partial charge is 0.243 e. The third kappa shape index (κ3) is 4.57. The normalized spacial score (nSPS) is 17.3. The summed E-state index contributed by atoms with van der Waals surface area (Å²) in [6, 6.07) is 0.648. The van der Waals surface area contributed by atoms with Gasteiger partial charge in [-0.3, -0.25) is 4.68 Å². The van der Waals surface area contributed by atoms with E-state index in [1.54, 1.807) is 10.9 Å². The summed E-state index contributed by atoms with van der Waals surface area (Å²) in [5.41, 5.74) is 0. The molecule has 20 heavy (non-hydrogen) atoms. The Labute approximate surface area is 121 Å². The van der Waals surface area contributed by atoms with Crippen molar-refractivity contribution >= 4 is 10.0 Å². The van der Waals surface area contributed by atoms with Gasteiger partial charge in [-0.25, -0.2) is 13.1 Å². The topological polar surface area (TPSA) is 76.0 Å². The second-order valence-electron chi connectivity index (χ2n) is 5.45. The third-order valence-corrected chi connectivity index (χ3v) is 5.01. The fourth-order valence-electron chi connectivity index (χ4n) is 1.86. The van der Waals surface area contributed by atoms with Crippen LogP contribution in [0.1, 0.15) is 39.5 Å². The van der Waals surface area contributed by atoms with Crippen LogP contribution >= 0.6 is 0 Å². The van der Waals surface area contributed by atoms with Crippen LogP contribution in [0.15, 0.2) is 17.3 Å². The molecule has 0 saturated heterocycles. The van der Waals surface area contributed by atoms with Crippen molar-refractivity contribution in [3.8, 4) is 0 Å². The summed E-state index contributed by atoms with van der Waals surface area (Å²) in [5.74, 6) is 0. The molecule has 1 saturated carbocycles. The van der Waals surface area contributed by atoms with Gasteiger partial charge in [0.15, 0.2) is 0 Å². The van der Waals surface area contributed by atoms with Gasteiger partial charge in [-0.15, -0.1) is 0 Å². The number of rotatable bonds is 9. The fourth-order valence-corrected chi connectivity index (χ4v) is 3.14. The zero-order valence-corrected chi connectivity index (χ0v) is 13.0. The van der Waals surface area contributed by atoms with Crippen molar-refractivity contribution in [1.29, 1.82) is 0 Å². The Kier molecular flexibility index (Phi) is 5.17. The SMILES string of the molecule is CCC(C)NS(=O)(=O)c1cnn(CCCNC2CC2)c1. The molecule has 2 N–H and O–H groups in total. The lowest BCUT2D eigenvalue weighted by Crippen LogP contribution is -2.31. The number of aryl methyl sites for hydroxylation is 1. The van der Waals surface area contributed by atoms with Crippen molar-refractivity contribution in [2.45, 2.75) is 63.1 Å². The maximum Gasteiger partial charge on any atom is 0.243 e. The van der Waals surface area contributed by atoms with Crippen LogP contribution in [0, 0.1) is 0 Å². The van der Waals surface area contributed by atoms with E-state index in [1.807, 2.05) is 13.8 Å². The van der Waals surface area contributed by atoms with E-state index >= 15 is 0 Å². The quantitative estimate of drug-likeness (QED) is 0.670. The monoisotopic (exact) mass is 300 g/mol. The van der Waals surface area contributed by atoms with Crippen LogP contribution < -0.4 is 10.0 Å². The second kappa shape index (κ2) is 6.69. The summed E-state index contributed by atoms with van der Waals surface area (Å²) >= 11 is 0. The van der Waals surface area contributed by atoms with Gasteiger partial charge in [-0.05, 0) is 39.2 Å². The Morgan fingerprint density at radius 1 is 1.50 bits per heavy atom. The van der Waals surface area contributed by atoms with Crippen LogP contribution in [-0.4, -0.2) is 36.8 Å². The van der Waals surface area contributed by atoms with Crippen LogP contribution in [0.2, 0.25) is 0 Å². The molecule has 1 atom stereocenters. The van der Waals surface area contributed by atoms with Crippen LogP contribution in [0.25, 0.3) is 0 Å². The van der Waals surface area contributed by atoms with E-state index in [-0.39, 0.29) is 10.9 Å². The lowest BCUT2D eigenvalue weighted by Gasteiger charge is -2.10. The highest BCUT2D eigenvalue weighted by Gasteiger charge is 2.20. The molecule has 6 nitrogen and oxygen atoms in total. The van der Waals surface area contributed by atoms with E-state index in [4.69, 9.17) is 0 Å². The minimum absolute atomic E-state index is 0.0638. The van der Waals surface area contributed by atoms with Crippen LogP contribution in [-0.2, 0) is 16.6 Å². The highest BCUT2D eigenvalue weighted by atomic mass is 32.2. The summed E-state index contributed by atoms with van der Waals surface area (Å²) in [4.78, 5) is 0.243. The van der Waals surface area contributed by atoms with Crippen molar-refractivity contribution in [2.75, 3.05) is 6.54 Å². The first-order chi connectivity index (χ1) is 9.51. The predicted octanol–water partition coefficient (Wildman–Crippen LogP) is 1.10. The van der Waals surface area contributed by atoms with Crippen molar-refractivity contribution < 1.29 is 8.42 Å². The van der Waals surface area contributed by atoms with Crippen LogP contribution in [0.5, 0.6) is 0 Å². The zero-order valence-electron chi connectivity index (χ0n) is 12.2. The first kappa shape index (κ1) is 15.5. The lowest BCUT2D eigenvalue weighted by atomic mass is 10.3. The summed E-state index contributed by atoms with van der Waals surface area (Å²) in [5, 5.41) is 7.54. The molecular formula is C13H24N4O2S. The molecule has 0 spiro atoms. The molecule has 1 aromatic rings. The summed E-state index contributed by atoms with van der Waals surface area (Å²) in [6.45, 7) is 5.49. The number of nitrogens with zero attached hydrogens (tertiary/aromatic N) is 2. The average Bonchev–Trinajstić information content (AvgIpc) is 3.10. The van der Waals surface area contributed by atoms with E-state index in [1.165, 1.54) is 19.0 Å². The van der Waals surface area contributed by atoms with Crippen LogP contribution in [0.4, 0.5) is 0 Å². The third-order valence-electron chi connectivity index (χ3n) is 3.46. The lowest BCUT2D eigenvalue weighted by molar-refractivity contribution is 0.540. The number of hydrogen-bond acceptors (Lipinski definition) is 4. The summed E-state index contributed by atoms with van der Waals surface area (Å²) in [7, 11) is -3.43. The Hall–Kier alpha value is -0.920. The molecule has 1 fully saturated rings. The van der Waals surface area contributed by atoms with Gasteiger partial charge in [0.2, 0.25) is 10.0 Å². The van der Waals surface area contributed by atoms with E-state index in [9.17, 15) is 8.42 Å². The standard InChI is InChI=1S/C13H24N4O2S/c1-3-11(2)16-20(18,19)13-9-15-17(10-13)8-4-7-14-12-5-6-12/h9-12,14,16H,3-8H2,1-2H3. The average molecular weight is 300 g/mol. The number of hydrogen-bond donors (Lipinski definition) is 2. The highest BCUT2D eigenvalue weighted by Crippen LogP contribution is 2.18. The molecule has 114 valence electrons. The minimum atomic E-state index is -3.43. The van der Waals surface area contributed by atoms with E-state index in [2.05, 4.69) is 15.1 Å². The molecule has 1 unspecified atom stereocenters. The molecule has 0 aliphatic heterocycles. The molecule has 0 aromatic carbocycles. The number of aromatic nitrogens is 2. The van der Waals surface area contributed by atoms with Crippen molar-refractivity contribution in [1.82, 2.24) is 19.8 Å². The Morgan fingerprint density at radius 2 is 2.25 bits per heavy atom. The second-order valence-corrected chi connectivity index (χ2v) is 7.17. The van der Waals surface area contributed by atoms with Crippen molar-refractivity contribution in [3.63, 3.8) is 0 Å². The van der Waals surface area contributed by atoms with E-state index in [0.29, 0.717) is 6.04 Å². The number of nitrogens with one attached hydrogen (secondary N) is 2. The predicted molar refractivity (Wildman–Crippen MR) is 77.9 cm³/mol. The molecule has 7 heteroatoms. The molecule has 0 amide bonds. The Bertz CT molecular complexity index is 522. The van der Waals surface area contributed by atoms with Gasteiger partial charge in [0.1, 0.15) is 4.90 Å². The first-order valence-corrected chi connectivity index (χ1v) is 8.77. The van der Waals surface area contributed by atoms with Crippen molar-refractivity contribution in [2.24, 2.45) is 0 Å². The largest absolute Gasteiger partial charge is 0.314 e. The first-order valence-electron chi connectivity index (χ1n) is 7.29. The fraction of sp³-hybridized carbons (Fsp3) is 0.769. The van der Waals surface area contributed by atoms with Gasteiger partial charge in [-0.2, -0.15) is 5.10 Å². The molecular weight excluding hydrogens is 276 g/mol. The molecule has 1 heterocycles. The minimum Gasteiger partial charge on any atom is -0.314 e. The van der Waals surface area contributed by atoms with E-state index in [0.717, 1.165) is 25.9 Å². The van der Waals surface area contributed by atoms with Gasteiger partial charge in [0.05, 0.1) is 6.20 Å². The highest BCUT2D eigenvalue weighted by molar-refractivity contribution is 7.89.